The Balaban J connectivity index is 1.98. The van der Waals surface area contributed by atoms with Crippen LogP contribution in [0.1, 0.15) is 5.56 Å². The molecule has 2 aromatic rings. The highest BCUT2D eigenvalue weighted by Crippen LogP contribution is 2.27. The lowest BCUT2D eigenvalue weighted by Crippen LogP contribution is -1.78. The van der Waals surface area contributed by atoms with Crippen molar-refractivity contribution in [2.24, 2.45) is 0 Å². The first-order valence-electron chi connectivity index (χ1n) is 4.25. The van der Waals surface area contributed by atoms with Gasteiger partial charge in [-0.3, -0.25) is 0 Å². The number of thioether (sulfide) groups is 1. The van der Waals surface area contributed by atoms with Gasteiger partial charge in [-0.25, -0.2) is 0 Å². The van der Waals surface area contributed by atoms with Gasteiger partial charge in [0.15, 0.2) is 0 Å². The molecular weight excluding hydrogens is 276 g/mol. The number of hydrogen-bond acceptors (Lipinski definition) is 2. The van der Waals surface area contributed by atoms with E-state index >= 15 is 0 Å². The molecule has 0 spiro atoms. The standard InChI is InChI=1S/C11H9BrS2/c12-10-4-1-3-9(7-10)8-14-11-5-2-6-13-11/h1-7H,8H2. The molecule has 0 nitrogen and oxygen atoms in total. The monoisotopic (exact) mass is 284 g/mol. The fourth-order valence-electron chi connectivity index (χ4n) is 1.13. The molecule has 2 rings (SSSR count). The summed E-state index contributed by atoms with van der Waals surface area (Å²) in [5, 5.41) is 2.11. The average Bonchev–Trinajstić information content (AvgIpc) is 2.67. The van der Waals surface area contributed by atoms with E-state index in [0.717, 1.165) is 10.2 Å². The minimum Gasteiger partial charge on any atom is -0.137 e. The lowest BCUT2D eigenvalue weighted by molar-refractivity contribution is 1.40. The van der Waals surface area contributed by atoms with Crippen LogP contribution in [0.3, 0.4) is 0 Å². The summed E-state index contributed by atoms with van der Waals surface area (Å²) < 4.78 is 2.53. The van der Waals surface area contributed by atoms with Crippen molar-refractivity contribution in [3.8, 4) is 0 Å². The van der Waals surface area contributed by atoms with Gasteiger partial charge in [0.2, 0.25) is 0 Å². The third-order valence-electron chi connectivity index (χ3n) is 1.77. The zero-order valence-electron chi connectivity index (χ0n) is 7.44. The Hall–Kier alpha value is -0.250. The van der Waals surface area contributed by atoms with Crippen LogP contribution in [-0.2, 0) is 5.75 Å². The molecular formula is C11H9BrS2. The highest BCUT2D eigenvalue weighted by atomic mass is 79.9. The van der Waals surface area contributed by atoms with Crippen LogP contribution in [0.2, 0.25) is 0 Å². The van der Waals surface area contributed by atoms with Gasteiger partial charge in [-0.05, 0) is 29.1 Å². The zero-order valence-corrected chi connectivity index (χ0v) is 10.7. The highest BCUT2D eigenvalue weighted by molar-refractivity contribution is 9.10. The van der Waals surface area contributed by atoms with E-state index in [2.05, 4.69) is 57.7 Å². The Morgan fingerprint density at radius 3 is 2.86 bits per heavy atom. The number of halogens is 1. The van der Waals surface area contributed by atoms with Crippen molar-refractivity contribution >= 4 is 39.0 Å². The summed E-state index contributed by atoms with van der Waals surface area (Å²) in [6.07, 6.45) is 0. The third-order valence-corrected chi connectivity index (χ3v) is 4.46. The molecule has 0 atom stereocenters. The molecule has 0 N–H and O–H groups in total. The number of thiophene rings is 1. The maximum Gasteiger partial charge on any atom is 0.0601 e. The van der Waals surface area contributed by atoms with E-state index in [1.807, 2.05) is 11.8 Å². The summed E-state index contributed by atoms with van der Waals surface area (Å²) in [6, 6.07) is 12.7. The molecule has 1 heterocycles. The van der Waals surface area contributed by atoms with Crippen LogP contribution in [0.5, 0.6) is 0 Å². The number of hydrogen-bond donors (Lipinski definition) is 0. The van der Waals surface area contributed by atoms with Gasteiger partial charge in [0.25, 0.3) is 0 Å². The highest BCUT2D eigenvalue weighted by Gasteiger charge is 1.97. The second-order valence-electron chi connectivity index (χ2n) is 2.85. The summed E-state index contributed by atoms with van der Waals surface area (Å²) in [5.74, 6) is 1.04. The van der Waals surface area contributed by atoms with E-state index < -0.39 is 0 Å². The minimum atomic E-state index is 1.04. The molecule has 0 amide bonds. The molecule has 0 unspecified atom stereocenters. The maximum absolute atomic E-state index is 3.47. The van der Waals surface area contributed by atoms with Crippen LogP contribution in [0.15, 0.2) is 50.5 Å². The van der Waals surface area contributed by atoms with Crippen molar-refractivity contribution in [2.75, 3.05) is 0 Å². The van der Waals surface area contributed by atoms with Gasteiger partial charge < -0.3 is 0 Å². The molecule has 72 valence electrons. The zero-order chi connectivity index (χ0) is 9.80. The fraction of sp³-hybridized carbons (Fsp3) is 0.0909. The largest absolute Gasteiger partial charge is 0.137 e. The normalized spacial score (nSPS) is 10.4. The molecule has 1 aromatic heterocycles. The number of benzene rings is 1. The topological polar surface area (TPSA) is 0 Å². The third kappa shape index (κ3) is 2.87. The Bertz CT molecular complexity index is 395. The first-order chi connectivity index (χ1) is 6.84. The van der Waals surface area contributed by atoms with E-state index in [-0.39, 0.29) is 0 Å². The van der Waals surface area contributed by atoms with Gasteiger partial charge in [-0.2, -0.15) is 0 Å². The van der Waals surface area contributed by atoms with Crippen LogP contribution < -0.4 is 0 Å². The van der Waals surface area contributed by atoms with Gasteiger partial charge in [0, 0.05) is 10.2 Å². The van der Waals surface area contributed by atoms with Gasteiger partial charge in [-0.15, -0.1) is 23.1 Å². The molecule has 0 saturated carbocycles. The summed E-state index contributed by atoms with van der Waals surface area (Å²) in [4.78, 5) is 0. The van der Waals surface area contributed by atoms with Crippen LogP contribution in [0.4, 0.5) is 0 Å². The molecule has 0 aliphatic heterocycles. The Morgan fingerprint density at radius 1 is 1.21 bits per heavy atom. The average molecular weight is 285 g/mol. The maximum atomic E-state index is 3.47. The van der Waals surface area contributed by atoms with Gasteiger partial charge in [0.05, 0.1) is 4.21 Å². The molecule has 0 radical (unpaired) electrons. The van der Waals surface area contributed by atoms with Crippen molar-refractivity contribution in [3.05, 3.63) is 51.8 Å². The van der Waals surface area contributed by atoms with E-state index in [9.17, 15) is 0 Å². The van der Waals surface area contributed by atoms with Crippen LogP contribution >= 0.6 is 39.0 Å². The smallest absolute Gasteiger partial charge is 0.0601 e. The van der Waals surface area contributed by atoms with Crippen molar-refractivity contribution in [1.82, 2.24) is 0 Å². The molecule has 0 aliphatic carbocycles. The second-order valence-corrected chi connectivity index (χ2v) is 5.99. The fourth-order valence-corrected chi connectivity index (χ4v) is 3.30. The SMILES string of the molecule is Brc1cccc(CSc2cccs2)c1. The first-order valence-corrected chi connectivity index (χ1v) is 6.91. The predicted octanol–water partition coefficient (Wildman–Crippen LogP) is 4.80. The first kappa shape index (κ1) is 10.3. The molecule has 14 heavy (non-hydrogen) atoms. The molecule has 1 aromatic carbocycles. The van der Waals surface area contributed by atoms with Crippen LogP contribution in [0.25, 0.3) is 0 Å². The molecule has 0 bridgehead atoms. The van der Waals surface area contributed by atoms with Crippen LogP contribution in [-0.4, -0.2) is 0 Å². The summed E-state index contributed by atoms with van der Waals surface area (Å²) in [5.41, 5.74) is 1.36. The van der Waals surface area contributed by atoms with E-state index in [4.69, 9.17) is 0 Å². The lowest BCUT2D eigenvalue weighted by atomic mass is 10.2. The summed E-state index contributed by atoms with van der Waals surface area (Å²) in [7, 11) is 0. The summed E-state index contributed by atoms with van der Waals surface area (Å²) >= 11 is 7.16. The van der Waals surface area contributed by atoms with Crippen molar-refractivity contribution in [2.45, 2.75) is 9.96 Å². The predicted molar refractivity (Wildman–Crippen MR) is 68.0 cm³/mol. The van der Waals surface area contributed by atoms with E-state index in [1.165, 1.54) is 9.77 Å². The van der Waals surface area contributed by atoms with Gasteiger partial charge in [-0.1, -0.05) is 34.1 Å². The number of rotatable bonds is 3. The lowest BCUT2D eigenvalue weighted by Gasteiger charge is -1.99. The van der Waals surface area contributed by atoms with Gasteiger partial charge in [0.1, 0.15) is 0 Å². The van der Waals surface area contributed by atoms with Crippen molar-refractivity contribution in [1.29, 1.82) is 0 Å². The summed E-state index contributed by atoms with van der Waals surface area (Å²) in [6.45, 7) is 0. The molecule has 3 heteroatoms. The minimum absolute atomic E-state index is 1.04. The Kier molecular flexibility index (Phi) is 3.67. The van der Waals surface area contributed by atoms with E-state index in [1.54, 1.807) is 11.3 Å². The van der Waals surface area contributed by atoms with Gasteiger partial charge >= 0.3 is 0 Å². The molecule has 0 saturated heterocycles. The molecule has 0 fully saturated rings. The Labute approximate surface area is 100 Å². The van der Waals surface area contributed by atoms with Crippen LogP contribution in [0, 0.1) is 0 Å². The second kappa shape index (κ2) is 5.01. The Morgan fingerprint density at radius 2 is 2.14 bits per heavy atom. The van der Waals surface area contributed by atoms with E-state index in [0.29, 0.717) is 0 Å². The molecule has 0 aliphatic rings. The van der Waals surface area contributed by atoms with Crippen molar-refractivity contribution in [3.63, 3.8) is 0 Å². The van der Waals surface area contributed by atoms with Crippen molar-refractivity contribution < 1.29 is 0 Å². The quantitative estimate of drug-likeness (QED) is 0.730.